The van der Waals surface area contributed by atoms with E-state index in [2.05, 4.69) is 10.1 Å². The second kappa shape index (κ2) is 7.45. The van der Waals surface area contributed by atoms with Crippen LogP contribution in [0.4, 0.5) is 0 Å². The highest BCUT2D eigenvalue weighted by Crippen LogP contribution is 2.16. The molecule has 1 aliphatic rings. The van der Waals surface area contributed by atoms with Crippen LogP contribution in [0.15, 0.2) is 40.8 Å². The fourth-order valence-corrected chi connectivity index (χ4v) is 4.66. The number of aryl methyl sites for hydroxylation is 1. The molecular formula is C17H19N3O3S2. The molecule has 0 radical (unpaired) electrons. The van der Waals surface area contributed by atoms with E-state index in [1.165, 1.54) is 16.3 Å². The van der Waals surface area contributed by atoms with E-state index in [0.717, 1.165) is 22.7 Å². The van der Waals surface area contributed by atoms with Crippen LogP contribution in [0.5, 0.6) is 0 Å². The number of amides is 1. The van der Waals surface area contributed by atoms with E-state index < -0.39 is 21.5 Å². The molecule has 0 fully saturated rings. The van der Waals surface area contributed by atoms with E-state index in [1.807, 2.05) is 37.3 Å². The monoisotopic (exact) mass is 377 g/mol. The Labute approximate surface area is 151 Å². The lowest BCUT2D eigenvalue weighted by Gasteiger charge is -2.11. The number of hydrazone groups is 1. The fraction of sp³-hybridized carbons (Fsp3) is 0.353. The Kier molecular flexibility index (Phi) is 5.29. The van der Waals surface area contributed by atoms with Crippen molar-refractivity contribution in [1.29, 1.82) is 0 Å². The Bertz CT molecular complexity index is 889. The molecule has 0 spiro atoms. The summed E-state index contributed by atoms with van der Waals surface area (Å²) in [6.45, 7) is 2.38. The van der Waals surface area contributed by atoms with Gasteiger partial charge in [-0.2, -0.15) is 5.10 Å². The maximum Gasteiger partial charge on any atom is 0.257 e. The minimum absolute atomic E-state index is 0.210. The normalized spacial score (nSPS) is 14.6. The molecule has 0 atom stereocenters. The van der Waals surface area contributed by atoms with Crippen molar-refractivity contribution in [2.75, 3.05) is 12.3 Å². The van der Waals surface area contributed by atoms with Crippen molar-refractivity contribution in [2.24, 2.45) is 5.10 Å². The third-order valence-corrected chi connectivity index (χ3v) is 6.27. The molecule has 6 nitrogen and oxygen atoms in total. The third-order valence-electron chi connectivity index (χ3n) is 3.81. The van der Waals surface area contributed by atoms with Crippen LogP contribution in [-0.4, -0.2) is 42.3 Å². The molecule has 1 aromatic carbocycles. The number of hydrogen-bond donors (Lipinski definition) is 0. The zero-order valence-electron chi connectivity index (χ0n) is 13.9. The first-order valence-corrected chi connectivity index (χ1v) is 10.7. The summed E-state index contributed by atoms with van der Waals surface area (Å²) in [5.41, 5.74) is 2.26. The quantitative estimate of drug-likeness (QED) is 0.773. The van der Waals surface area contributed by atoms with Crippen molar-refractivity contribution in [3.63, 3.8) is 0 Å². The molecule has 0 bridgehead atoms. The fourth-order valence-electron chi connectivity index (χ4n) is 2.59. The largest absolute Gasteiger partial charge is 0.272 e. The van der Waals surface area contributed by atoms with Gasteiger partial charge in [0.2, 0.25) is 0 Å². The van der Waals surface area contributed by atoms with E-state index in [0.29, 0.717) is 18.7 Å². The van der Waals surface area contributed by atoms with Crippen LogP contribution in [0, 0.1) is 0 Å². The summed E-state index contributed by atoms with van der Waals surface area (Å²) >= 11 is 1.44. The van der Waals surface area contributed by atoms with Crippen LogP contribution in [0.2, 0.25) is 0 Å². The Morgan fingerprint density at radius 2 is 2.04 bits per heavy atom. The predicted octanol–water partition coefficient (Wildman–Crippen LogP) is 2.26. The number of sulfone groups is 1. The molecule has 1 aromatic heterocycles. The van der Waals surface area contributed by atoms with Gasteiger partial charge in [-0.25, -0.2) is 18.4 Å². The molecule has 1 aliphatic heterocycles. The van der Waals surface area contributed by atoms with Gasteiger partial charge >= 0.3 is 0 Å². The summed E-state index contributed by atoms with van der Waals surface area (Å²) < 4.78 is 24.6. The Hall–Kier alpha value is -2.06. The second-order valence-corrected chi connectivity index (χ2v) is 8.81. The lowest BCUT2D eigenvalue weighted by atomic mass is 10.1. The molecule has 132 valence electrons. The average Bonchev–Trinajstić information content (AvgIpc) is 3.24. The number of nitrogens with zero attached hydrogens (tertiary/aromatic N) is 3. The summed E-state index contributed by atoms with van der Waals surface area (Å²) in [5, 5.41) is 8.19. The van der Waals surface area contributed by atoms with E-state index in [1.54, 1.807) is 5.38 Å². The summed E-state index contributed by atoms with van der Waals surface area (Å²) in [6.07, 6.45) is 1.40. The molecule has 0 saturated carbocycles. The van der Waals surface area contributed by atoms with Gasteiger partial charge in [-0.3, -0.25) is 4.79 Å². The van der Waals surface area contributed by atoms with Gasteiger partial charge in [-0.15, -0.1) is 11.3 Å². The summed E-state index contributed by atoms with van der Waals surface area (Å²) in [4.78, 5) is 16.6. The Morgan fingerprint density at radius 1 is 1.28 bits per heavy atom. The van der Waals surface area contributed by atoms with Crippen LogP contribution in [0.1, 0.15) is 29.6 Å². The van der Waals surface area contributed by atoms with E-state index in [-0.39, 0.29) is 5.75 Å². The number of hydrogen-bond acceptors (Lipinski definition) is 6. The third kappa shape index (κ3) is 4.52. The molecule has 1 amide bonds. The number of carbonyl (C=O) groups excluding carboxylic acids is 1. The van der Waals surface area contributed by atoms with Crippen LogP contribution in [0.3, 0.4) is 0 Å². The maximum absolute atomic E-state index is 12.3. The first kappa shape index (κ1) is 17.8. The summed E-state index contributed by atoms with van der Waals surface area (Å²) in [5.74, 6) is -1.24. The highest BCUT2D eigenvalue weighted by Gasteiger charge is 2.26. The number of carbonyl (C=O) groups is 1. The zero-order chi connectivity index (χ0) is 17.9. The molecule has 8 heteroatoms. The van der Waals surface area contributed by atoms with E-state index >= 15 is 0 Å². The highest BCUT2D eigenvalue weighted by molar-refractivity contribution is 7.91. The highest BCUT2D eigenvalue weighted by atomic mass is 32.2. The Morgan fingerprint density at radius 3 is 2.72 bits per heavy atom. The Balaban J connectivity index is 1.64. The van der Waals surface area contributed by atoms with Gasteiger partial charge in [0, 0.05) is 11.8 Å². The van der Waals surface area contributed by atoms with Crippen LogP contribution < -0.4 is 0 Å². The van der Waals surface area contributed by atoms with Gasteiger partial charge in [0.15, 0.2) is 9.84 Å². The van der Waals surface area contributed by atoms with E-state index in [9.17, 15) is 13.2 Å². The van der Waals surface area contributed by atoms with Gasteiger partial charge < -0.3 is 0 Å². The van der Waals surface area contributed by atoms with E-state index in [4.69, 9.17) is 0 Å². The molecule has 0 aliphatic carbocycles. The van der Waals surface area contributed by atoms with Gasteiger partial charge in [-0.1, -0.05) is 37.3 Å². The summed E-state index contributed by atoms with van der Waals surface area (Å²) in [7, 11) is -3.56. The molecule has 0 unspecified atom stereocenters. The number of benzene rings is 1. The van der Waals surface area contributed by atoms with Crippen molar-refractivity contribution < 1.29 is 13.2 Å². The van der Waals surface area contributed by atoms with Crippen LogP contribution in [-0.2, 0) is 26.8 Å². The minimum atomic E-state index is -3.56. The predicted molar refractivity (Wildman–Crippen MR) is 98.3 cm³/mol. The van der Waals surface area contributed by atoms with Gasteiger partial charge in [0.1, 0.15) is 5.75 Å². The van der Waals surface area contributed by atoms with Crippen LogP contribution >= 0.6 is 11.3 Å². The summed E-state index contributed by atoms with van der Waals surface area (Å²) in [6, 6.07) is 9.58. The van der Waals surface area contributed by atoms with Gasteiger partial charge in [0.05, 0.1) is 28.7 Å². The van der Waals surface area contributed by atoms with Crippen molar-refractivity contribution in [2.45, 2.75) is 25.5 Å². The SMILES string of the molecule is CCc1nc(CS(=O)(=O)CC(=O)N2CCC(c3ccccc3)=N2)cs1. The van der Waals surface area contributed by atoms with Crippen LogP contribution in [0.25, 0.3) is 0 Å². The van der Waals surface area contributed by atoms with Crippen molar-refractivity contribution >= 4 is 32.8 Å². The lowest BCUT2D eigenvalue weighted by molar-refractivity contribution is -0.127. The molecule has 3 rings (SSSR count). The first-order chi connectivity index (χ1) is 12.0. The van der Waals surface area contributed by atoms with Crippen molar-refractivity contribution in [1.82, 2.24) is 9.99 Å². The minimum Gasteiger partial charge on any atom is -0.272 e. The van der Waals surface area contributed by atoms with Gasteiger partial charge in [-0.05, 0) is 12.0 Å². The zero-order valence-corrected chi connectivity index (χ0v) is 15.5. The molecule has 0 N–H and O–H groups in total. The molecule has 25 heavy (non-hydrogen) atoms. The number of aromatic nitrogens is 1. The number of rotatable bonds is 6. The lowest BCUT2D eigenvalue weighted by Crippen LogP contribution is -2.30. The van der Waals surface area contributed by atoms with Gasteiger partial charge in [0.25, 0.3) is 5.91 Å². The average molecular weight is 377 g/mol. The first-order valence-electron chi connectivity index (χ1n) is 8.04. The van der Waals surface area contributed by atoms with Crippen molar-refractivity contribution in [3.8, 4) is 0 Å². The topological polar surface area (TPSA) is 79.7 Å². The number of thiazole rings is 1. The molecule has 0 saturated heterocycles. The standard InChI is InChI=1S/C17H19N3O3S2/c1-2-16-18-14(10-24-16)11-25(22,23)12-17(21)20-9-8-15(19-20)13-6-4-3-5-7-13/h3-7,10H,2,8-9,11-12H2,1H3. The maximum atomic E-state index is 12.3. The molecule has 2 aromatic rings. The molecule has 2 heterocycles. The smallest absolute Gasteiger partial charge is 0.257 e. The van der Waals surface area contributed by atoms with Crippen molar-refractivity contribution in [3.05, 3.63) is 52.0 Å². The second-order valence-electron chi connectivity index (χ2n) is 5.80. The molecular weight excluding hydrogens is 358 g/mol.